The Morgan fingerprint density at radius 1 is 0.968 bits per heavy atom. The molecule has 2 atom stereocenters. The number of fused-ring (bicyclic) bond motifs is 1. The van der Waals surface area contributed by atoms with Gasteiger partial charge in [0, 0.05) is 43.9 Å². The van der Waals surface area contributed by atoms with Gasteiger partial charge in [-0.25, -0.2) is 9.59 Å². The fraction of sp³-hybridized carbons (Fsp3) is 0.360. The topological polar surface area (TPSA) is 59.1 Å². The highest BCUT2D eigenvalue weighted by Gasteiger charge is 2.34. The molecule has 2 aromatic rings. The molecule has 2 heterocycles. The third kappa shape index (κ3) is 5.52. The summed E-state index contributed by atoms with van der Waals surface area (Å²) >= 11 is 0. The van der Waals surface area contributed by atoms with Gasteiger partial charge in [-0.1, -0.05) is 47.5 Å². The fourth-order valence-electron chi connectivity index (χ4n) is 4.19. The first-order chi connectivity index (χ1) is 15.1. The molecule has 162 valence electrons. The second-order valence-corrected chi connectivity index (χ2v) is 8.04. The number of anilines is 1. The Morgan fingerprint density at radius 2 is 1.71 bits per heavy atom. The van der Waals surface area contributed by atoms with Gasteiger partial charge in [0.05, 0.1) is 0 Å². The summed E-state index contributed by atoms with van der Waals surface area (Å²) in [6.45, 7) is 4.55. The second-order valence-electron chi connectivity index (χ2n) is 8.04. The van der Waals surface area contributed by atoms with Crippen molar-refractivity contribution in [3.05, 3.63) is 77.9 Å². The molecule has 0 bridgehead atoms. The summed E-state index contributed by atoms with van der Waals surface area (Å²) in [5.74, 6) is -0.685. The minimum Gasteiger partial charge on any atom is -0.440 e. The summed E-state index contributed by atoms with van der Waals surface area (Å²) in [5.41, 5.74) is 3.76. The van der Waals surface area contributed by atoms with Crippen LogP contribution >= 0.6 is 0 Å². The van der Waals surface area contributed by atoms with E-state index in [1.807, 2.05) is 6.07 Å². The van der Waals surface area contributed by atoms with Crippen molar-refractivity contribution in [3.8, 4) is 0 Å². The highest BCUT2D eigenvalue weighted by molar-refractivity contribution is 5.92. The van der Waals surface area contributed by atoms with Gasteiger partial charge in [0.25, 0.3) is 0 Å². The molecule has 6 heteroatoms. The van der Waals surface area contributed by atoms with Crippen LogP contribution in [0.3, 0.4) is 0 Å². The first-order valence-electron chi connectivity index (χ1n) is 10.9. The number of carbonyl (C=O) groups excluding carboxylic acids is 2. The highest BCUT2D eigenvalue weighted by atomic mass is 16.7. The molecular weight excluding hydrogens is 392 g/mol. The van der Waals surface area contributed by atoms with E-state index in [0.29, 0.717) is 18.9 Å². The van der Waals surface area contributed by atoms with E-state index in [4.69, 9.17) is 9.57 Å². The number of ether oxygens (including phenoxy) is 1. The van der Waals surface area contributed by atoms with Gasteiger partial charge in [0.15, 0.2) is 6.23 Å². The van der Waals surface area contributed by atoms with E-state index in [2.05, 4.69) is 60.4 Å². The molecule has 2 aromatic carbocycles. The molecule has 1 saturated heterocycles. The Morgan fingerprint density at radius 3 is 2.45 bits per heavy atom. The minimum absolute atomic E-state index is 0.355. The Labute approximate surface area is 183 Å². The summed E-state index contributed by atoms with van der Waals surface area (Å²) in [6.07, 6.45) is 4.11. The van der Waals surface area contributed by atoms with E-state index >= 15 is 0 Å². The van der Waals surface area contributed by atoms with Crippen LogP contribution in [0, 0.1) is 5.92 Å². The molecule has 31 heavy (non-hydrogen) atoms. The number of esters is 1. The van der Waals surface area contributed by atoms with Crippen molar-refractivity contribution in [2.24, 2.45) is 5.92 Å². The molecule has 2 unspecified atom stereocenters. The molecule has 0 amide bonds. The molecular formula is C25H28N2O4. The third-order valence-electron chi connectivity index (χ3n) is 5.85. The van der Waals surface area contributed by atoms with Crippen LogP contribution in [-0.2, 0) is 32.1 Å². The predicted octanol–water partition coefficient (Wildman–Crippen LogP) is 3.86. The van der Waals surface area contributed by atoms with Crippen molar-refractivity contribution >= 4 is 17.6 Å². The Kier molecular flexibility index (Phi) is 6.67. The van der Waals surface area contributed by atoms with Crippen LogP contribution in [0.15, 0.2) is 66.7 Å². The van der Waals surface area contributed by atoms with Gasteiger partial charge < -0.3 is 14.5 Å². The van der Waals surface area contributed by atoms with Crippen LogP contribution in [-0.4, -0.2) is 36.3 Å². The molecule has 0 spiro atoms. The van der Waals surface area contributed by atoms with E-state index in [0.717, 1.165) is 38.1 Å². The standard InChI is InChI=1S/C25H28N2O4/c1-2-26(18-20-6-4-3-5-7-20)22-10-8-19(9-11-22)16-21-14-15-27-23(17-21)30-24(28)12-13-25(29)31-27/h3-13,21,23H,2,14-18H2,1H3/b13-12+. The average Bonchev–Trinajstić information content (AvgIpc) is 2.78. The quantitative estimate of drug-likeness (QED) is 0.662. The van der Waals surface area contributed by atoms with E-state index < -0.39 is 18.2 Å². The lowest BCUT2D eigenvalue weighted by molar-refractivity contribution is -0.251. The minimum atomic E-state index is -0.535. The lowest BCUT2D eigenvalue weighted by Gasteiger charge is -2.37. The van der Waals surface area contributed by atoms with Crippen LogP contribution in [0.25, 0.3) is 0 Å². The number of hydrogen-bond donors (Lipinski definition) is 0. The summed E-state index contributed by atoms with van der Waals surface area (Å²) in [4.78, 5) is 31.1. The SMILES string of the molecule is CCN(Cc1ccccc1)c1ccc(CC2CCN3OC(=O)/C=C/C(=O)OC3C2)cc1. The molecule has 6 nitrogen and oxygen atoms in total. The molecule has 0 saturated carbocycles. The molecule has 2 aliphatic heterocycles. The second kappa shape index (κ2) is 9.79. The van der Waals surface area contributed by atoms with Gasteiger partial charge in [0.1, 0.15) is 0 Å². The van der Waals surface area contributed by atoms with Crippen LogP contribution < -0.4 is 4.90 Å². The van der Waals surface area contributed by atoms with Crippen molar-refractivity contribution in [3.63, 3.8) is 0 Å². The Bertz CT molecular complexity index is 926. The molecule has 0 radical (unpaired) electrons. The van der Waals surface area contributed by atoms with Crippen LogP contribution in [0.5, 0.6) is 0 Å². The fourth-order valence-corrected chi connectivity index (χ4v) is 4.19. The number of rotatable bonds is 6. The van der Waals surface area contributed by atoms with Gasteiger partial charge in [-0.15, -0.1) is 0 Å². The highest BCUT2D eigenvalue weighted by Crippen LogP contribution is 2.29. The summed E-state index contributed by atoms with van der Waals surface area (Å²) < 4.78 is 5.45. The van der Waals surface area contributed by atoms with Gasteiger partial charge in [0.2, 0.25) is 0 Å². The lowest BCUT2D eigenvalue weighted by atomic mass is 9.89. The summed E-state index contributed by atoms with van der Waals surface area (Å²) in [6, 6.07) is 19.2. The summed E-state index contributed by atoms with van der Waals surface area (Å²) in [7, 11) is 0. The van der Waals surface area contributed by atoms with E-state index in [1.165, 1.54) is 21.9 Å². The largest absolute Gasteiger partial charge is 0.440 e. The first kappa shape index (κ1) is 21.1. The van der Waals surface area contributed by atoms with E-state index in [-0.39, 0.29) is 0 Å². The maximum Gasteiger partial charge on any atom is 0.350 e. The Hall–Kier alpha value is -3.12. The zero-order valence-corrected chi connectivity index (χ0v) is 17.8. The number of hydroxylamine groups is 2. The van der Waals surface area contributed by atoms with Gasteiger partial charge in [-0.2, -0.15) is 0 Å². The van der Waals surface area contributed by atoms with Crippen molar-refractivity contribution < 1.29 is 19.2 Å². The molecule has 0 N–H and O–H groups in total. The monoisotopic (exact) mass is 420 g/mol. The zero-order valence-electron chi connectivity index (χ0n) is 17.8. The normalized spacial score (nSPS) is 22.5. The van der Waals surface area contributed by atoms with Gasteiger partial charge in [-0.3, -0.25) is 0 Å². The maximum atomic E-state index is 11.8. The first-order valence-corrected chi connectivity index (χ1v) is 10.9. The molecule has 0 aliphatic carbocycles. The average molecular weight is 421 g/mol. The molecule has 2 aliphatic rings. The lowest BCUT2D eigenvalue weighted by Crippen LogP contribution is -2.46. The number of piperidine rings is 1. The molecule has 0 aromatic heterocycles. The van der Waals surface area contributed by atoms with Gasteiger partial charge >= 0.3 is 11.9 Å². The smallest absolute Gasteiger partial charge is 0.350 e. The number of benzene rings is 2. The van der Waals surface area contributed by atoms with E-state index in [1.54, 1.807) is 0 Å². The number of nitrogens with zero attached hydrogens (tertiary/aromatic N) is 2. The molecule has 4 rings (SSSR count). The molecule has 1 fully saturated rings. The summed E-state index contributed by atoms with van der Waals surface area (Å²) in [5, 5.41) is 1.49. The predicted molar refractivity (Wildman–Crippen MR) is 118 cm³/mol. The zero-order chi connectivity index (χ0) is 21.6. The van der Waals surface area contributed by atoms with Crippen LogP contribution in [0.1, 0.15) is 30.9 Å². The van der Waals surface area contributed by atoms with E-state index in [9.17, 15) is 9.59 Å². The van der Waals surface area contributed by atoms with Crippen LogP contribution in [0.4, 0.5) is 5.69 Å². The third-order valence-corrected chi connectivity index (χ3v) is 5.85. The van der Waals surface area contributed by atoms with Crippen molar-refractivity contribution in [1.82, 2.24) is 5.06 Å². The van der Waals surface area contributed by atoms with Gasteiger partial charge in [-0.05, 0) is 48.9 Å². The van der Waals surface area contributed by atoms with Crippen molar-refractivity contribution in [2.75, 3.05) is 18.0 Å². The van der Waals surface area contributed by atoms with Crippen molar-refractivity contribution in [1.29, 1.82) is 0 Å². The Balaban J connectivity index is 1.37. The number of carbonyl (C=O) groups is 2. The van der Waals surface area contributed by atoms with Crippen LogP contribution in [0.2, 0.25) is 0 Å². The number of hydrogen-bond acceptors (Lipinski definition) is 6. The van der Waals surface area contributed by atoms with Crippen molar-refractivity contribution in [2.45, 2.75) is 39.0 Å². The maximum absolute atomic E-state index is 11.8.